The quantitative estimate of drug-likeness (QED) is 0.171. The van der Waals surface area contributed by atoms with E-state index in [9.17, 15) is 14.4 Å². The van der Waals surface area contributed by atoms with Crippen LogP contribution in [0.3, 0.4) is 0 Å². The van der Waals surface area contributed by atoms with Gasteiger partial charge in [0.25, 0.3) is 11.8 Å². The highest BCUT2D eigenvalue weighted by molar-refractivity contribution is 6.11. The Morgan fingerprint density at radius 3 is 2.00 bits per heavy atom. The van der Waals surface area contributed by atoms with Gasteiger partial charge in [-0.2, -0.15) is 0 Å². The predicted molar refractivity (Wildman–Crippen MR) is 163 cm³/mol. The first-order valence-corrected chi connectivity index (χ1v) is 13.0. The number of anilines is 1. The standard InChI is InChI=1S/C34H30N2O6/c1-40-28-17-9-23(10-18-28)11-20-31(37)24-12-15-27(16-13-24)35-34(39)30(36-33(38)25-7-5-4-6-8-25)21-26-14-19-29(41-2)22-32(26)42-3/h4-22H,1-3H3,(H,35,39)(H,36,38)/b20-11+,30-21-. The van der Waals surface area contributed by atoms with Crippen molar-refractivity contribution in [3.05, 3.63) is 131 Å². The smallest absolute Gasteiger partial charge is 0.272 e. The molecule has 4 aromatic carbocycles. The number of rotatable bonds is 11. The lowest BCUT2D eigenvalue weighted by Crippen LogP contribution is -2.30. The van der Waals surface area contributed by atoms with Crippen molar-refractivity contribution in [2.45, 2.75) is 0 Å². The van der Waals surface area contributed by atoms with Crippen LogP contribution in [0.25, 0.3) is 12.2 Å². The van der Waals surface area contributed by atoms with Crippen LogP contribution in [-0.4, -0.2) is 38.9 Å². The largest absolute Gasteiger partial charge is 0.497 e. The van der Waals surface area contributed by atoms with Crippen LogP contribution < -0.4 is 24.8 Å². The number of carbonyl (C=O) groups excluding carboxylic acids is 3. The van der Waals surface area contributed by atoms with Crippen molar-refractivity contribution in [1.82, 2.24) is 5.32 Å². The first kappa shape index (κ1) is 29.4. The Morgan fingerprint density at radius 1 is 0.690 bits per heavy atom. The molecule has 4 rings (SSSR count). The number of carbonyl (C=O) groups is 3. The van der Waals surface area contributed by atoms with E-state index in [0.29, 0.717) is 33.9 Å². The average molecular weight is 563 g/mol. The molecule has 2 N–H and O–H groups in total. The maximum absolute atomic E-state index is 13.4. The number of ketones is 1. The highest BCUT2D eigenvalue weighted by Gasteiger charge is 2.17. The molecule has 0 bridgehead atoms. The summed E-state index contributed by atoms with van der Waals surface area (Å²) in [4.78, 5) is 39.0. The van der Waals surface area contributed by atoms with Crippen LogP contribution in [0, 0.1) is 0 Å². The predicted octanol–water partition coefficient (Wildman–Crippen LogP) is 6.02. The van der Waals surface area contributed by atoms with Gasteiger partial charge in [0.1, 0.15) is 22.9 Å². The molecule has 0 saturated heterocycles. The molecule has 212 valence electrons. The van der Waals surface area contributed by atoms with Crippen LogP contribution >= 0.6 is 0 Å². The summed E-state index contributed by atoms with van der Waals surface area (Å²) in [5, 5.41) is 5.49. The molecule has 8 nitrogen and oxygen atoms in total. The van der Waals surface area contributed by atoms with Crippen molar-refractivity contribution in [2.75, 3.05) is 26.6 Å². The number of nitrogens with one attached hydrogen (secondary N) is 2. The van der Waals surface area contributed by atoms with Crippen molar-refractivity contribution in [2.24, 2.45) is 0 Å². The molecule has 0 spiro atoms. The summed E-state index contributed by atoms with van der Waals surface area (Å²) in [6.07, 6.45) is 4.73. The fourth-order valence-electron chi connectivity index (χ4n) is 3.94. The first-order chi connectivity index (χ1) is 20.4. The zero-order valence-corrected chi connectivity index (χ0v) is 23.4. The molecule has 0 aliphatic carbocycles. The Kier molecular flexibility index (Phi) is 9.88. The summed E-state index contributed by atoms with van der Waals surface area (Å²) in [5.74, 6) is 0.573. The zero-order chi connectivity index (χ0) is 29.9. The lowest BCUT2D eigenvalue weighted by molar-refractivity contribution is -0.113. The van der Waals surface area contributed by atoms with Crippen molar-refractivity contribution >= 4 is 35.4 Å². The van der Waals surface area contributed by atoms with E-state index in [0.717, 1.165) is 11.3 Å². The van der Waals surface area contributed by atoms with E-state index in [1.54, 1.807) is 93.1 Å². The van der Waals surface area contributed by atoms with Gasteiger partial charge in [-0.1, -0.05) is 36.4 Å². The average Bonchev–Trinajstić information content (AvgIpc) is 3.04. The van der Waals surface area contributed by atoms with Gasteiger partial charge < -0.3 is 24.8 Å². The van der Waals surface area contributed by atoms with E-state index >= 15 is 0 Å². The van der Waals surface area contributed by atoms with Crippen LogP contribution in [0.15, 0.2) is 109 Å². The lowest BCUT2D eigenvalue weighted by Gasteiger charge is -2.13. The Morgan fingerprint density at radius 2 is 1.36 bits per heavy atom. The molecule has 0 aliphatic rings. The fraction of sp³-hybridized carbons (Fsp3) is 0.0882. The summed E-state index contributed by atoms with van der Waals surface area (Å²) in [6, 6.07) is 27.5. The molecule has 2 amide bonds. The number of ether oxygens (including phenoxy) is 3. The van der Waals surface area contributed by atoms with E-state index < -0.39 is 11.8 Å². The van der Waals surface area contributed by atoms with Crippen LogP contribution in [0.4, 0.5) is 5.69 Å². The molecule has 4 aromatic rings. The molecular formula is C34H30N2O6. The molecule has 0 aliphatic heterocycles. The molecular weight excluding hydrogens is 532 g/mol. The van der Waals surface area contributed by atoms with Gasteiger partial charge in [0, 0.05) is 28.4 Å². The SMILES string of the molecule is COc1ccc(/C=C/C(=O)c2ccc(NC(=O)/C(=C/c3ccc(OC)cc3OC)NC(=O)c3ccccc3)cc2)cc1. The molecule has 0 unspecified atom stereocenters. The topological polar surface area (TPSA) is 103 Å². The maximum Gasteiger partial charge on any atom is 0.272 e. The van der Waals surface area contributed by atoms with E-state index in [2.05, 4.69) is 10.6 Å². The number of hydrogen-bond acceptors (Lipinski definition) is 6. The second kappa shape index (κ2) is 14.1. The second-order valence-corrected chi connectivity index (χ2v) is 8.99. The number of allylic oxidation sites excluding steroid dienone is 1. The minimum atomic E-state index is -0.560. The molecule has 0 atom stereocenters. The van der Waals surface area contributed by atoms with E-state index in [-0.39, 0.29) is 11.5 Å². The third kappa shape index (κ3) is 7.73. The van der Waals surface area contributed by atoms with Crippen molar-refractivity contribution in [1.29, 1.82) is 0 Å². The van der Waals surface area contributed by atoms with Gasteiger partial charge in [-0.05, 0) is 78.4 Å². The summed E-state index contributed by atoms with van der Waals surface area (Å²) in [6.45, 7) is 0. The molecule has 0 heterocycles. The maximum atomic E-state index is 13.4. The normalized spacial score (nSPS) is 11.1. The summed E-state index contributed by atoms with van der Waals surface area (Å²) in [7, 11) is 4.64. The van der Waals surface area contributed by atoms with Crippen molar-refractivity contribution < 1.29 is 28.6 Å². The fourth-order valence-corrected chi connectivity index (χ4v) is 3.94. The lowest BCUT2D eigenvalue weighted by atomic mass is 10.1. The van der Waals surface area contributed by atoms with Gasteiger partial charge in [0.05, 0.1) is 21.3 Å². The summed E-state index contributed by atoms with van der Waals surface area (Å²) >= 11 is 0. The minimum Gasteiger partial charge on any atom is -0.497 e. The molecule has 42 heavy (non-hydrogen) atoms. The van der Waals surface area contributed by atoms with Crippen LogP contribution in [0.1, 0.15) is 31.8 Å². The van der Waals surface area contributed by atoms with Gasteiger partial charge in [-0.3, -0.25) is 14.4 Å². The minimum absolute atomic E-state index is 0.00472. The number of amides is 2. The van der Waals surface area contributed by atoms with Gasteiger partial charge in [-0.25, -0.2) is 0 Å². The zero-order valence-electron chi connectivity index (χ0n) is 23.4. The third-order valence-corrected chi connectivity index (χ3v) is 6.24. The molecule has 0 aromatic heterocycles. The van der Waals surface area contributed by atoms with E-state index in [1.807, 2.05) is 24.3 Å². The first-order valence-electron chi connectivity index (χ1n) is 13.0. The number of benzene rings is 4. The van der Waals surface area contributed by atoms with Crippen LogP contribution in [0.5, 0.6) is 17.2 Å². The summed E-state index contributed by atoms with van der Waals surface area (Å²) < 4.78 is 15.9. The highest BCUT2D eigenvalue weighted by Crippen LogP contribution is 2.26. The number of methoxy groups -OCH3 is 3. The second-order valence-electron chi connectivity index (χ2n) is 8.99. The van der Waals surface area contributed by atoms with Gasteiger partial charge in [0.2, 0.25) is 0 Å². The number of hydrogen-bond donors (Lipinski definition) is 2. The van der Waals surface area contributed by atoms with Gasteiger partial charge in [0.15, 0.2) is 5.78 Å². The van der Waals surface area contributed by atoms with E-state index in [4.69, 9.17) is 14.2 Å². The molecule has 0 radical (unpaired) electrons. The monoisotopic (exact) mass is 562 g/mol. The van der Waals surface area contributed by atoms with Crippen molar-refractivity contribution in [3.8, 4) is 17.2 Å². The molecule has 0 fully saturated rings. The van der Waals surface area contributed by atoms with Gasteiger partial charge >= 0.3 is 0 Å². The molecule has 0 saturated carbocycles. The highest BCUT2D eigenvalue weighted by atomic mass is 16.5. The van der Waals surface area contributed by atoms with E-state index in [1.165, 1.54) is 19.3 Å². The molecule has 8 heteroatoms. The summed E-state index contributed by atoms with van der Waals surface area (Å²) in [5.41, 5.74) is 2.70. The Hall–Kier alpha value is -5.63. The third-order valence-electron chi connectivity index (χ3n) is 6.24. The van der Waals surface area contributed by atoms with Crippen molar-refractivity contribution in [3.63, 3.8) is 0 Å². The Bertz CT molecular complexity index is 1610. The van der Waals surface area contributed by atoms with Crippen LogP contribution in [-0.2, 0) is 4.79 Å². The van der Waals surface area contributed by atoms with Gasteiger partial charge in [-0.15, -0.1) is 0 Å². The van der Waals surface area contributed by atoms with Crippen LogP contribution in [0.2, 0.25) is 0 Å². The Balaban J connectivity index is 1.52. The Labute approximate surface area is 244 Å².